The Hall–Kier alpha value is -2.86. The number of carbonyl (C=O) groups is 1. The first-order valence-electron chi connectivity index (χ1n) is 9.79. The fourth-order valence-electron chi connectivity index (χ4n) is 3.56. The second-order valence-electron chi connectivity index (χ2n) is 7.27. The minimum Gasteiger partial charge on any atom is -0.490 e. The molecule has 1 N–H and O–H groups in total. The Labute approximate surface area is 177 Å². The Morgan fingerprint density at radius 3 is 2.57 bits per heavy atom. The number of carbonyl (C=O) groups excluding carboxylic acids is 1. The minimum absolute atomic E-state index is 0.0482. The van der Waals surface area contributed by atoms with Gasteiger partial charge < -0.3 is 14.5 Å². The first-order chi connectivity index (χ1) is 14.5. The molecule has 0 radical (unpaired) electrons. The van der Waals surface area contributed by atoms with Gasteiger partial charge in [-0.05, 0) is 68.1 Å². The average Bonchev–Trinajstić information content (AvgIpc) is 3.39. The van der Waals surface area contributed by atoms with E-state index in [0.717, 1.165) is 49.1 Å². The summed E-state index contributed by atoms with van der Waals surface area (Å²) in [6.45, 7) is 0. The lowest BCUT2D eigenvalue weighted by Crippen LogP contribution is -2.13. The number of hydrogen-bond donors (Lipinski definition) is 1. The summed E-state index contributed by atoms with van der Waals surface area (Å²) < 4.78 is 39.3. The average molecular weight is 432 g/mol. The van der Waals surface area contributed by atoms with Crippen molar-refractivity contribution in [1.82, 2.24) is 0 Å². The Kier molecular flexibility index (Phi) is 6.04. The normalized spacial score (nSPS) is 14.1. The molecule has 3 aromatic rings. The summed E-state index contributed by atoms with van der Waals surface area (Å²) in [4.78, 5) is 12.4. The monoisotopic (exact) mass is 431 g/mol. The van der Waals surface area contributed by atoms with Crippen LogP contribution in [0.4, 0.5) is 14.5 Å². The van der Waals surface area contributed by atoms with Gasteiger partial charge in [0, 0.05) is 17.0 Å². The zero-order chi connectivity index (χ0) is 21.1. The molecular formula is C23H20ClF2NO3. The van der Waals surface area contributed by atoms with Crippen molar-refractivity contribution < 1.29 is 22.7 Å². The second-order valence-corrected chi connectivity index (χ2v) is 7.71. The lowest BCUT2D eigenvalue weighted by atomic mass is 10.1. The van der Waals surface area contributed by atoms with Crippen LogP contribution < -0.4 is 10.1 Å². The van der Waals surface area contributed by atoms with Crippen molar-refractivity contribution in [3.63, 3.8) is 0 Å². The third-order valence-electron chi connectivity index (χ3n) is 5.07. The zero-order valence-electron chi connectivity index (χ0n) is 16.1. The number of rotatable bonds is 6. The summed E-state index contributed by atoms with van der Waals surface area (Å²) in [5, 5.41) is 2.78. The molecule has 0 saturated heterocycles. The molecule has 1 amide bonds. The topological polar surface area (TPSA) is 51.5 Å². The molecule has 1 aromatic heterocycles. The van der Waals surface area contributed by atoms with Crippen LogP contribution in [0.25, 0.3) is 0 Å². The fraction of sp³-hybridized carbons (Fsp3) is 0.261. The Morgan fingerprint density at radius 2 is 1.83 bits per heavy atom. The molecule has 0 bridgehead atoms. The molecule has 1 fully saturated rings. The fourth-order valence-corrected chi connectivity index (χ4v) is 3.76. The number of para-hydroxylation sites is 1. The molecule has 1 heterocycles. The molecule has 1 aliphatic carbocycles. The standard InChI is InChI=1S/C23H20ClF2NO3/c24-15-8-10-20(29-16-4-1-2-5-16)14(12-15)13-17-9-11-21(30-17)23(28)27-22-18(25)6-3-7-19(22)26/h3,6-12,16H,1-2,4-5,13H2,(H,27,28). The van der Waals surface area contributed by atoms with Gasteiger partial charge in [-0.3, -0.25) is 4.79 Å². The highest BCUT2D eigenvalue weighted by Gasteiger charge is 2.20. The van der Waals surface area contributed by atoms with Crippen molar-refractivity contribution in [3.05, 3.63) is 82.3 Å². The summed E-state index contributed by atoms with van der Waals surface area (Å²) in [5.41, 5.74) is 0.332. The number of ether oxygens (including phenoxy) is 1. The largest absolute Gasteiger partial charge is 0.490 e. The number of hydrogen-bond acceptors (Lipinski definition) is 3. The molecule has 2 aromatic carbocycles. The summed E-state index contributed by atoms with van der Waals surface area (Å²) >= 11 is 6.15. The number of anilines is 1. The minimum atomic E-state index is -0.859. The van der Waals surface area contributed by atoms with Gasteiger partial charge in [0.05, 0.1) is 6.10 Å². The van der Waals surface area contributed by atoms with Crippen LogP contribution in [0.3, 0.4) is 0 Å². The van der Waals surface area contributed by atoms with E-state index >= 15 is 0 Å². The maximum Gasteiger partial charge on any atom is 0.291 e. The van der Waals surface area contributed by atoms with Crippen molar-refractivity contribution in [2.45, 2.75) is 38.2 Å². The van der Waals surface area contributed by atoms with Crippen molar-refractivity contribution in [2.75, 3.05) is 5.32 Å². The summed E-state index contributed by atoms with van der Waals surface area (Å²) in [5.74, 6) is -1.26. The van der Waals surface area contributed by atoms with Crippen LogP contribution in [-0.2, 0) is 6.42 Å². The van der Waals surface area contributed by atoms with Crippen LogP contribution in [-0.4, -0.2) is 12.0 Å². The zero-order valence-corrected chi connectivity index (χ0v) is 16.8. The molecule has 0 aliphatic heterocycles. The van der Waals surface area contributed by atoms with Gasteiger partial charge >= 0.3 is 0 Å². The number of amides is 1. The first-order valence-corrected chi connectivity index (χ1v) is 10.2. The molecule has 0 unspecified atom stereocenters. The van der Waals surface area contributed by atoms with Crippen LogP contribution in [0.5, 0.6) is 5.75 Å². The third kappa shape index (κ3) is 4.65. The quantitative estimate of drug-likeness (QED) is 0.493. The lowest BCUT2D eigenvalue weighted by Gasteiger charge is -2.16. The Bertz CT molecular complexity index is 1040. The lowest BCUT2D eigenvalue weighted by molar-refractivity contribution is 0.0994. The number of nitrogens with one attached hydrogen (secondary N) is 1. The van der Waals surface area contributed by atoms with E-state index in [2.05, 4.69) is 5.32 Å². The molecule has 0 atom stereocenters. The smallest absolute Gasteiger partial charge is 0.291 e. The van der Waals surface area contributed by atoms with Gasteiger partial charge in [0.15, 0.2) is 5.76 Å². The second kappa shape index (κ2) is 8.88. The number of furan rings is 1. The van der Waals surface area contributed by atoms with Crippen LogP contribution in [0, 0.1) is 11.6 Å². The molecular weight excluding hydrogens is 412 g/mol. The molecule has 0 spiro atoms. The number of benzene rings is 2. The highest BCUT2D eigenvalue weighted by atomic mass is 35.5. The molecule has 156 valence electrons. The van der Waals surface area contributed by atoms with Crippen molar-refractivity contribution in [2.24, 2.45) is 0 Å². The van der Waals surface area contributed by atoms with E-state index in [1.807, 2.05) is 12.1 Å². The van der Waals surface area contributed by atoms with E-state index in [1.165, 1.54) is 12.1 Å². The van der Waals surface area contributed by atoms with Crippen LogP contribution >= 0.6 is 11.6 Å². The molecule has 30 heavy (non-hydrogen) atoms. The first kappa shape index (κ1) is 20.4. The Morgan fingerprint density at radius 1 is 1.10 bits per heavy atom. The van der Waals surface area contributed by atoms with Gasteiger partial charge in [-0.25, -0.2) is 8.78 Å². The van der Waals surface area contributed by atoms with Crippen molar-refractivity contribution >= 4 is 23.2 Å². The van der Waals surface area contributed by atoms with Crippen molar-refractivity contribution in [3.8, 4) is 5.75 Å². The van der Waals surface area contributed by atoms with E-state index in [4.69, 9.17) is 20.8 Å². The summed E-state index contributed by atoms with van der Waals surface area (Å²) in [6, 6.07) is 11.9. The van der Waals surface area contributed by atoms with E-state index in [1.54, 1.807) is 12.1 Å². The van der Waals surface area contributed by atoms with E-state index < -0.39 is 23.2 Å². The molecule has 4 nitrogen and oxygen atoms in total. The van der Waals surface area contributed by atoms with Crippen molar-refractivity contribution in [1.29, 1.82) is 0 Å². The van der Waals surface area contributed by atoms with Gasteiger partial charge in [-0.2, -0.15) is 0 Å². The molecule has 4 rings (SSSR count). The maximum atomic E-state index is 13.8. The van der Waals surface area contributed by atoms with E-state index in [9.17, 15) is 13.6 Å². The molecule has 1 aliphatic rings. The van der Waals surface area contributed by atoms with Gasteiger partial charge in [0.2, 0.25) is 0 Å². The highest BCUT2D eigenvalue weighted by molar-refractivity contribution is 6.30. The summed E-state index contributed by atoms with van der Waals surface area (Å²) in [7, 11) is 0. The predicted molar refractivity (Wildman–Crippen MR) is 110 cm³/mol. The summed E-state index contributed by atoms with van der Waals surface area (Å²) in [6.07, 6.45) is 4.93. The van der Waals surface area contributed by atoms with Gasteiger partial charge in [0.1, 0.15) is 28.8 Å². The maximum absolute atomic E-state index is 13.8. The molecule has 1 saturated carbocycles. The van der Waals surface area contributed by atoms with Gasteiger partial charge in [-0.15, -0.1) is 0 Å². The predicted octanol–water partition coefficient (Wildman–Crippen LogP) is 6.38. The SMILES string of the molecule is O=C(Nc1c(F)cccc1F)c1ccc(Cc2cc(Cl)ccc2OC2CCCC2)o1. The van der Waals surface area contributed by atoms with Crippen LogP contribution in [0.2, 0.25) is 5.02 Å². The van der Waals surface area contributed by atoms with E-state index in [-0.39, 0.29) is 11.9 Å². The molecule has 7 heteroatoms. The third-order valence-corrected chi connectivity index (χ3v) is 5.30. The Balaban J connectivity index is 1.49. The van der Waals surface area contributed by atoms with Crippen LogP contribution in [0.15, 0.2) is 52.9 Å². The highest BCUT2D eigenvalue weighted by Crippen LogP contribution is 2.30. The van der Waals surface area contributed by atoms with Gasteiger partial charge in [-0.1, -0.05) is 17.7 Å². The number of halogens is 3. The van der Waals surface area contributed by atoms with E-state index in [0.29, 0.717) is 17.2 Å². The van der Waals surface area contributed by atoms with Gasteiger partial charge in [0.25, 0.3) is 5.91 Å². The van der Waals surface area contributed by atoms with Crippen LogP contribution in [0.1, 0.15) is 47.6 Å².